The first kappa shape index (κ1) is 7.55. The van der Waals surface area contributed by atoms with Crippen molar-refractivity contribution >= 4 is 23.2 Å². The molecule has 1 atom stereocenters. The lowest BCUT2D eigenvalue weighted by Crippen LogP contribution is -2.55. The van der Waals surface area contributed by atoms with Crippen molar-refractivity contribution in [2.45, 2.75) is 23.6 Å². The van der Waals surface area contributed by atoms with Crippen molar-refractivity contribution in [1.29, 1.82) is 0 Å². The molecule has 1 aliphatic rings. The topological polar surface area (TPSA) is 0 Å². The normalized spacial score (nSPS) is 37.7. The van der Waals surface area contributed by atoms with Crippen LogP contribution in [0, 0.1) is 5.92 Å². The Morgan fingerprint density at radius 3 is 1.89 bits per heavy atom. The van der Waals surface area contributed by atoms with Gasteiger partial charge >= 0.3 is 0 Å². The average Bonchev–Trinajstić information content (AvgIpc) is 1.65. The van der Waals surface area contributed by atoms with Crippen molar-refractivity contribution in [1.82, 2.24) is 0 Å². The predicted octanol–water partition coefficient (Wildman–Crippen LogP) is 2.84. The summed E-state index contributed by atoms with van der Waals surface area (Å²) in [6.07, 6.45) is 0.184. The Bertz CT molecular complexity index is 133. The summed E-state index contributed by atoms with van der Waals surface area (Å²) in [6, 6.07) is 0. The van der Waals surface area contributed by atoms with Crippen LogP contribution >= 0.6 is 23.2 Å². The predicted molar refractivity (Wildman–Crippen MR) is 33.2 cm³/mol. The van der Waals surface area contributed by atoms with Gasteiger partial charge < -0.3 is 0 Å². The van der Waals surface area contributed by atoms with E-state index in [4.69, 9.17) is 23.2 Å². The molecule has 0 nitrogen and oxygen atoms in total. The fraction of sp³-hybridized carbons (Fsp3) is 1.00. The van der Waals surface area contributed by atoms with Crippen LogP contribution in [0.4, 0.5) is 8.78 Å². The third-order valence-corrected chi connectivity index (χ3v) is 2.48. The van der Waals surface area contributed by atoms with Gasteiger partial charge in [0, 0.05) is 5.92 Å². The van der Waals surface area contributed by atoms with Crippen molar-refractivity contribution in [3.05, 3.63) is 0 Å². The third kappa shape index (κ3) is 0.838. The zero-order chi connectivity index (χ0) is 7.28. The zero-order valence-corrected chi connectivity index (χ0v) is 6.31. The fourth-order valence-electron chi connectivity index (χ4n) is 0.878. The molecule has 0 saturated heterocycles. The molecular weight excluding hydrogens is 169 g/mol. The average molecular weight is 175 g/mol. The van der Waals surface area contributed by atoms with Gasteiger partial charge in [-0.05, 0) is 6.42 Å². The van der Waals surface area contributed by atoms with Crippen LogP contribution in [0.3, 0.4) is 0 Å². The standard InChI is InChI=1S/C5H6Cl2F2/c1-3-2-4(6,7)5(3,8)9/h3H,2H2,1H3. The van der Waals surface area contributed by atoms with Gasteiger partial charge in [-0.15, -0.1) is 0 Å². The highest BCUT2D eigenvalue weighted by Gasteiger charge is 2.65. The maximum Gasteiger partial charge on any atom is 0.283 e. The van der Waals surface area contributed by atoms with Crippen LogP contribution in [0.25, 0.3) is 0 Å². The molecule has 1 aliphatic carbocycles. The minimum atomic E-state index is -2.89. The summed E-state index contributed by atoms with van der Waals surface area (Å²) in [7, 11) is 0. The van der Waals surface area contributed by atoms with Crippen LogP contribution in [0.1, 0.15) is 13.3 Å². The Balaban J connectivity index is 2.70. The minimum Gasteiger partial charge on any atom is -0.203 e. The molecule has 1 saturated carbocycles. The van der Waals surface area contributed by atoms with Gasteiger partial charge in [-0.25, -0.2) is 8.78 Å². The van der Waals surface area contributed by atoms with Gasteiger partial charge in [-0.2, -0.15) is 0 Å². The maximum atomic E-state index is 12.4. The van der Waals surface area contributed by atoms with E-state index < -0.39 is 16.2 Å². The second kappa shape index (κ2) is 1.73. The molecule has 0 heterocycles. The van der Waals surface area contributed by atoms with E-state index in [0.29, 0.717) is 0 Å². The van der Waals surface area contributed by atoms with Crippen LogP contribution in [0.15, 0.2) is 0 Å². The van der Waals surface area contributed by atoms with E-state index in [1.165, 1.54) is 6.92 Å². The van der Waals surface area contributed by atoms with E-state index in [1.807, 2.05) is 0 Å². The summed E-state index contributed by atoms with van der Waals surface area (Å²) in [5.41, 5.74) is 0. The Morgan fingerprint density at radius 2 is 1.89 bits per heavy atom. The van der Waals surface area contributed by atoms with E-state index in [2.05, 4.69) is 0 Å². The largest absolute Gasteiger partial charge is 0.283 e. The Labute approximate surface area is 62.1 Å². The van der Waals surface area contributed by atoms with Gasteiger partial charge in [-0.3, -0.25) is 0 Å². The lowest BCUT2D eigenvalue weighted by Gasteiger charge is -2.45. The van der Waals surface area contributed by atoms with Crippen molar-refractivity contribution in [3.63, 3.8) is 0 Å². The molecule has 0 bridgehead atoms. The highest BCUT2D eigenvalue weighted by Crippen LogP contribution is 2.57. The van der Waals surface area contributed by atoms with Gasteiger partial charge in [0.1, 0.15) is 0 Å². The van der Waals surface area contributed by atoms with Gasteiger partial charge in [0.25, 0.3) is 5.92 Å². The summed E-state index contributed by atoms with van der Waals surface area (Å²) in [6.45, 7) is 1.43. The SMILES string of the molecule is CC1CC(Cl)(Cl)C1(F)F. The van der Waals surface area contributed by atoms with E-state index in [-0.39, 0.29) is 6.42 Å². The third-order valence-electron chi connectivity index (χ3n) is 1.67. The smallest absolute Gasteiger partial charge is 0.203 e. The summed E-state index contributed by atoms with van der Waals surface area (Å²) < 4.78 is 23.1. The first-order valence-electron chi connectivity index (χ1n) is 2.63. The van der Waals surface area contributed by atoms with Crippen LogP contribution in [-0.2, 0) is 0 Å². The number of hydrogen-bond acceptors (Lipinski definition) is 0. The molecule has 0 aromatic heterocycles. The van der Waals surface area contributed by atoms with Gasteiger partial charge in [0.2, 0.25) is 0 Å². The molecule has 0 aromatic carbocycles. The van der Waals surface area contributed by atoms with Crippen molar-refractivity contribution < 1.29 is 8.78 Å². The highest BCUT2D eigenvalue weighted by atomic mass is 35.5. The second-order valence-electron chi connectivity index (χ2n) is 2.43. The first-order chi connectivity index (χ1) is 3.88. The number of halogens is 4. The van der Waals surface area contributed by atoms with E-state index in [1.54, 1.807) is 0 Å². The number of rotatable bonds is 0. The molecule has 0 aliphatic heterocycles. The molecule has 1 fully saturated rings. The van der Waals surface area contributed by atoms with Crippen LogP contribution in [0.5, 0.6) is 0 Å². The fourth-order valence-corrected chi connectivity index (χ4v) is 1.71. The van der Waals surface area contributed by atoms with Gasteiger partial charge in [0.05, 0.1) is 0 Å². The molecule has 1 rings (SSSR count). The monoisotopic (exact) mass is 174 g/mol. The van der Waals surface area contributed by atoms with Crippen molar-refractivity contribution in [2.24, 2.45) is 5.92 Å². The quantitative estimate of drug-likeness (QED) is 0.496. The Kier molecular flexibility index (Phi) is 1.45. The van der Waals surface area contributed by atoms with Crippen LogP contribution in [0.2, 0.25) is 0 Å². The number of hydrogen-bond donors (Lipinski definition) is 0. The lowest BCUT2D eigenvalue weighted by atomic mass is 9.81. The molecule has 0 aromatic rings. The molecule has 54 valence electrons. The van der Waals surface area contributed by atoms with Crippen LogP contribution < -0.4 is 0 Å². The van der Waals surface area contributed by atoms with E-state index in [9.17, 15) is 8.78 Å². The number of alkyl halides is 4. The molecule has 4 heteroatoms. The molecule has 9 heavy (non-hydrogen) atoms. The van der Waals surface area contributed by atoms with Crippen molar-refractivity contribution in [3.8, 4) is 0 Å². The second-order valence-corrected chi connectivity index (χ2v) is 3.92. The Hall–Kier alpha value is 0.440. The van der Waals surface area contributed by atoms with Gasteiger partial charge in [-0.1, -0.05) is 30.1 Å². The molecule has 1 unspecified atom stereocenters. The lowest BCUT2D eigenvalue weighted by molar-refractivity contribution is -0.134. The highest BCUT2D eigenvalue weighted by molar-refractivity contribution is 6.49. The molecule has 0 radical (unpaired) electrons. The summed E-state index contributed by atoms with van der Waals surface area (Å²) >= 11 is 10.4. The zero-order valence-electron chi connectivity index (χ0n) is 4.80. The van der Waals surface area contributed by atoms with E-state index >= 15 is 0 Å². The summed E-state index contributed by atoms with van der Waals surface area (Å²) in [4.78, 5) is 0. The maximum absolute atomic E-state index is 12.4. The first-order valence-corrected chi connectivity index (χ1v) is 3.39. The van der Waals surface area contributed by atoms with Gasteiger partial charge in [0.15, 0.2) is 4.33 Å². The molecule has 0 spiro atoms. The minimum absolute atomic E-state index is 0.184. The molecule has 0 N–H and O–H groups in total. The van der Waals surface area contributed by atoms with Crippen molar-refractivity contribution in [2.75, 3.05) is 0 Å². The van der Waals surface area contributed by atoms with Crippen LogP contribution in [-0.4, -0.2) is 10.3 Å². The Morgan fingerprint density at radius 1 is 1.44 bits per heavy atom. The van der Waals surface area contributed by atoms with E-state index in [0.717, 1.165) is 0 Å². The molecule has 0 amide bonds. The summed E-state index contributed by atoms with van der Waals surface area (Å²) in [5.74, 6) is -3.57. The summed E-state index contributed by atoms with van der Waals surface area (Å²) in [5, 5.41) is 0. The molecular formula is C5H6Cl2F2.